The maximum atomic E-state index is 12.3. The van der Waals surface area contributed by atoms with Gasteiger partial charge in [0.15, 0.2) is 5.78 Å². The summed E-state index contributed by atoms with van der Waals surface area (Å²) in [6, 6.07) is 15.7. The lowest BCUT2D eigenvalue weighted by molar-refractivity contribution is 0.0993. The largest absolute Gasteiger partial charge is 0.303 e. The summed E-state index contributed by atoms with van der Waals surface area (Å²) in [6.45, 7) is 5.69. The molecule has 1 heterocycles. The number of likely N-dealkylation sites (N-methyl/N-ethyl adjacent to an activating group) is 1. The van der Waals surface area contributed by atoms with Gasteiger partial charge >= 0.3 is 0 Å². The quantitative estimate of drug-likeness (QED) is 0.749. The summed E-state index contributed by atoms with van der Waals surface area (Å²) in [4.78, 5) is 14.8. The Morgan fingerprint density at radius 2 is 1.83 bits per heavy atom. The lowest BCUT2D eigenvalue weighted by Crippen LogP contribution is -2.19. The second kappa shape index (κ2) is 7.29. The van der Waals surface area contributed by atoms with Gasteiger partial charge in [-0.05, 0) is 60.8 Å². The van der Waals surface area contributed by atoms with Gasteiger partial charge in [0.05, 0.1) is 0 Å². The Labute approximate surface area is 143 Å². The van der Waals surface area contributed by atoms with Crippen LogP contribution in [0.25, 0.3) is 0 Å². The molecule has 0 spiro atoms. The molecule has 3 rings (SSSR count). The van der Waals surface area contributed by atoms with E-state index in [0.717, 1.165) is 18.7 Å². The maximum absolute atomic E-state index is 12.3. The van der Waals surface area contributed by atoms with Crippen molar-refractivity contribution >= 4 is 17.4 Å². The number of rotatable bonds is 5. The van der Waals surface area contributed by atoms with Gasteiger partial charge in [-0.25, -0.2) is 0 Å². The smallest absolute Gasteiger partial charge is 0.167 e. The van der Waals surface area contributed by atoms with E-state index in [0.29, 0.717) is 22.9 Å². The van der Waals surface area contributed by atoms with E-state index >= 15 is 0 Å². The summed E-state index contributed by atoms with van der Waals surface area (Å²) >= 11 is 5.86. The van der Waals surface area contributed by atoms with Crippen LogP contribution in [0.3, 0.4) is 0 Å². The van der Waals surface area contributed by atoms with Crippen molar-refractivity contribution in [3.63, 3.8) is 0 Å². The lowest BCUT2D eigenvalue weighted by atomic mass is 9.95. The minimum atomic E-state index is 0.132. The average Bonchev–Trinajstić information content (AvgIpc) is 3.05. The molecule has 1 aliphatic heterocycles. The molecule has 0 N–H and O–H groups in total. The standard InChI is InChI=1S/C20H22ClNO/c1-2-22-12-11-18(14-22)16-5-3-15(4-6-16)13-20(23)17-7-9-19(21)10-8-17/h3-10,18H,2,11-14H2,1H3. The van der Waals surface area contributed by atoms with Crippen LogP contribution in [0.1, 0.15) is 40.7 Å². The first-order valence-electron chi connectivity index (χ1n) is 8.25. The van der Waals surface area contributed by atoms with Gasteiger partial charge in [-0.15, -0.1) is 0 Å². The molecule has 0 bridgehead atoms. The Morgan fingerprint density at radius 3 is 2.43 bits per heavy atom. The SMILES string of the molecule is CCN1CCC(c2ccc(CC(=O)c3ccc(Cl)cc3)cc2)C1. The Hall–Kier alpha value is -1.64. The van der Waals surface area contributed by atoms with Gasteiger partial charge in [0, 0.05) is 23.6 Å². The van der Waals surface area contributed by atoms with E-state index in [1.54, 1.807) is 24.3 Å². The molecule has 3 heteroatoms. The molecule has 0 radical (unpaired) electrons. The third-order valence-electron chi connectivity index (χ3n) is 4.70. The number of hydrogen-bond acceptors (Lipinski definition) is 2. The number of ketones is 1. The number of Topliss-reactive ketones (excluding diaryl/α,β-unsaturated/α-hetero) is 1. The molecular formula is C20H22ClNO. The van der Waals surface area contributed by atoms with Gasteiger partial charge in [-0.3, -0.25) is 4.79 Å². The molecule has 2 aromatic carbocycles. The molecule has 120 valence electrons. The van der Waals surface area contributed by atoms with Crippen molar-refractivity contribution in [2.75, 3.05) is 19.6 Å². The first-order valence-corrected chi connectivity index (χ1v) is 8.63. The fourth-order valence-corrected chi connectivity index (χ4v) is 3.35. The lowest BCUT2D eigenvalue weighted by Gasteiger charge is -2.13. The number of benzene rings is 2. The zero-order chi connectivity index (χ0) is 16.2. The van der Waals surface area contributed by atoms with Crippen LogP contribution in [0, 0.1) is 0 Å². The van der Waals surface area contributed by atoms with E-state index in [9.17, 15) is 4.79 Å². The molecule has 1 aliphatic rings. The number of likely N-dealkylation sites (tertiary alicyclic amines) is 1. The molecule has 23 heavy (non-hydrogen) atoms. The van der Waals surface area contributed by atoms with E-state index in [2.05, 4.69) is 36.1 Å². The number of carbonyl (C=O) groups excluding carboxylic acids is 1. The van der Waals surface area contributed by atoms with Crippen molar-refractivity contribution in [2.24, 2.45) is 0 Å². The first kappa shape index (κ1) is 16.2. The maximum Gasteiger partial charge on any atom is 0.167 e. The molecule has 1 saturated heterocycles. The van der Waals surface area contributed by atoms with Gasteiger partial charge in [0.1, 0.15) is 0 Å². The highest BCUT2D eigenvalue weighted by Crippen LogP contribution is 2.27. The second-order valence-corrected chi connectivity index (χ2v) is 6.66. The number of halogens is 1. The van der Waals surface area contributed by atoms with Crippen LogP contribution in [0.2, 0.25) is 5.02 Å². The van der Waals surface area contributed by atoms with Crippen LogP contribution >= 0.6 is 11.6 Å². The molecule has 0 saturated carbocycles. The van der Waals surface area contributed by atoms with Crippen LogP contribution in [-0.4, -0.2) is 30.3 Å². The Morgan fingerprint density at radius 1 is 1.13 bits per heavy atom. The minimum absolute atomic E-state index is 0.132. The molecule has 1 atom stereocenters. The van der Waals surface area contributed by atoms with E-state index in [1.807, 2.05) is 0 Å². The van der Waals surface area contributed by atoms with E-state index in [-0.39, 0.29) is 5.78 Å². The normalized spacial score (nSPS) is 18.3. The van der Waals surface area contributed by atoms with Crippen LogP contribution < -0.4 is 0 Å². The van der Waals surface area contributed by atoms with E-state index in [4.69, 9.17) is 11.6 Å². The van der Waals surface area contributed by atoms with Gasteiger partial charge in [-0.1, -0.05) is 42.8 Å². The van der Waals surface area contributed by atoms with Crippen molar-refractivity contribution in [1.82, 2.24) is 4.90 Å². The second-order valence-electron chi connectivity index (χ2n) is 6.23. The van der Waals surface area contributed by atoms with Crippen molar-refractivity contribution in [1.29, 1.82) is 0 Å². The Bertz CT molecular complexity index is 663. The molecule has 0 amide bonds. The molecular weight excluding hydrogens is 306 g/mol. The first-order chi connectivity index (χ1) is 11.2. The fourth-order valence-electron chi connectivity index (χ4n) is 3.22. The van der Waals surface area contributed by atoms with Crippen molar-refractivity contribution < 1.29 is 4.79 Å². The van der Waals surface area contributed by atoms with Crippen LogP contribution in [-0.2, 0) is 6.42 Å². The molecule has 2 nitrogen and oxygen atoms in total. The van der Waals surface area contributed by atoms with Crippen LogP contribution in [0.5, 0.6) is 0 Å². The summed E-state index contributed by atoms with van der Waals surface area (Å²) in [7, 11) is 0. The molecule has 2 aromatic rings. The average molecular weight is 328 g/mol. The number of hydrogen-bond donors (Lipinski definition) is 0. The van der Waals surface area contributed by atoms with E-state index < -0.39 is 0 Å². The van der Waals surface area contributed by atoms with Gasteiger partial charge in [-0.2, -0.15) is 0 Å². The third-order valence-corrected chi connectivity index (χ3v) is 4.95. The Balaban J connectivity index is 1.63. The molecule has 1 fully saturated rings. The minimum Gasteiger partial charge on any atom is -0.303 e. The zero-order valence-electron chi connectivity index (χ0n) is 13.5. The number of nitrogens with zero attached hydrogens (tertiary/aromatic N) is 1. The predicted octanol–water partition coefficient (Wildman–Crippen LogP) is 4.57. The van der Waals surface area contributed by atoms with Crippen molar-refractivity contribution in [3.8, 4) is 0 Å². The predicted molar refractivity (Wildman–Crippen MR) is 95.4 cm³/mol. The Kier molecular flexibility index (Phi) is 5.14. The van der Waals surface area contributed by atoms with Gasteiger partial charge in [0.2, 0.25) is 0 Å². The topological polar surface area (TPSA) is 20.3 Å². The zero-order valence-corrected chi connectivity index (χ0v) is 14.2. The van der Waals surface area contributed by atoms with Gasteiger partial charge in [0.25, 0.3) is 0 Å². The summed E-state index contributed by atoms with van der Waals surface area (Å²) in [6.07, 6.45) is 1.67. The molecule has 0 aromatic heterocycles. The summed E-state index contributed by atoms with van der Waals surface area (Å²) < 4.78 is 0. The summed E-state index contributed by atoms with van der Waals surface area (Å²) in [5, 5.41) is 0.656. The van der Waals surface area contributed by atoms with Crippen LogP contribution in [0.15, 0.2) is 48.5 Å². The summed E-state index contributed by atoms with van der Waals surface area (Å²) in [5.41, 5.74) is 3.18. The summed E-state index contributed by atoms with van der Waals surface area (Å²) in [5.74, 6) is 0.767. The monoisotopic (exact) mass is 327 g/mol. The van der Waals surface area contributed by atoms with Crippen molar-refractivity contribution in [3.05, 3.63) is 70.2 Å². The molecule has 0 aliphatic carbocycles. The molecule has 1 unspecified atom stereocenters. The highest BCUT2D eigenvalue weighted by atomic mass is 35.5. The highest BCUT2D eigenvalue weighted by Gasteiger charge is 2.22. The highest BCUT2D eigenvalue weighted by molar-refractivity contribution is 6.30. The van der Waals surface area contributed by atoms with Crippen molar-refractivity contribution in [2.45, 2.75) is 25.7 Å². The number of carbonyl (C=O) groups is 1. The fraction of sp³-hybridized carbons (Fsp3) is 0.350. The van der Waals surface area contributed by atoms with E-state index in [1.165, 1.54) is 18.5 Å². The van der Waals surface area contributed by atoms with Crippen LogP contribution in [0.4, 0.5) is 0 Å². The third kappa shape index (κ3) is 4.01. The van der Waals surface area contributed by atoms with Gasteiger partial charge < -0.3 is 4.90 Å².